The van der Waals surface area contributed by atoms with Crippen molar-refractivity contribution in [2.45, 2.75) is 6.42 Å². The highest BCUT2D eigenvalue weighted by Gasteiger charge is 2.05. The van der Waals surface area contributed by atoms with Crippen LogP contribution in [0.15, 0.2) is 30.3 Å². The van der Waals surface area contributed by atoms with Crippen LogP contribution in [0.4, 0.5) is 5.82 Å². The second-order valence-electron chi connectivity index (χ2n) is 4.33. The quantitative estimate of drug-likeness (QED) is 0.894. The first-order valence-corrected chi connectivity index (χ1v) is 5.90. The molecule has 1 amide bonds. The zero-order valence-electron chi connectivity index (χ0n) is 10.6. The van der Waals surface area contributed by atoms with Gasteiger partial charge in [-0.15, -0.1) is 0 Å². The number of primary amides is 1. The average molecular weight is 254 g/mol. The van der Waals surface area contributed by atoms with E-state index < -0.39 is 0 Å². The van der Waals surface area contributed by atoms with Crippen LogP contribution < -0.4 is 10.6 Å². The smallest absolute Gasteiger partial charge is 0.219 e. The van der Waals surface area contributed by atoms with Gasteiger partial charge in [0.1, 0.15) is 5.82 Å². The molecule has 0 atom stereocenters. The Kier molecular flexibility index (Phi) is 3.62. The van der Waals surface area contributed by atoms with Gasteiger partial charge in [0.15, 0.2) is 0 Å². The Bertz CT molecular complexity index is 660. The highest BCUT2D eigenvalue weighted by atomic mass is 16.1. The Morgan fingerprint density at radius 3 is 2.89 bits per heavy atom. The third kappa shape index (κ3) is 2.99. The van der Waals surface area contributed by atoms with E-state index in [0.717, 1.165) is 16.7 Å². The van der Waals surface area contributed by atoms with E-state index in [1.807, 2.05) is 30.1 Å². The maximum absolute atomic E-state index is 10.8. The third-order valence-corrected chi connectivity index (χ3v) is 2.89. The van der Waals surface area contributed by atoms with E-state index in [0.29, 0.717) is 18.5 Å². The van der Waals surface area contributed by atoms with Gasteiger partial charge in [0, 0.05) is 25.4 Å². The van der Waals surface area contributed by atoms with E-state index in [1.165, 1.54) is 0 Å². The lowest BCUT2D eigenvalue weighted by molar-refractivity contribution is -0.117. The van der Waals surface area contributed by atoms with Crippen molar-refractivity contribution in [2.24, 2.45) is 5.73 Å². The van der Waals surface area contributed by atoms with E-state index >= 15 is 0 Å². The molecule has 2 aromatic rings. The van der Waals surface area contributed by atoms with Crippen LogP contribution in [0.5, 0.6) is 0 Å². The highest BCUT2D eigenvalue weighted by Crippen LogP contribution is 2.18. The van der Waals surface area contributed by atoms with Gasteiger partial charge in [0.05, 0.1) is 17.1 Å². The van der Waals surface area contributed by atoms with Crippen molar-refractivity contribution in [3.05, 3.63) is 35.9 Å². The fourth-order valence-corrected chi connectivity index (χ4v) is 1.79. The first-order valence-electron chi connectivity index (χ1n) is 5.90. The molecule has 0 unspecified atom stereocenters. The first-order chi connectivity index (χ1) is 9.10. The number of carbonyl (C=O) groups is 1. The van der Waals surface area contributed by atoms with Crippen molar-refractivity contribution in [1.29, 1.82) is 5.26 Å². The van der Waals surface area contributed by atoms with Crippen LogP contribution >= 0.6 is 0 Å². The number of carbonyl (C=O) groups excluding carboxylic acids is 1. The Balaban J connectivity index is 2.26. The topological polar surface area (TPSA) is 83.0 Å². The number of hydrogen-bond acceptors (Lipinski definition) is 4. The fraction of sp³-hybridized carbons (Fsp3) is 0.214. The lowest BCUT2D eigenvalue weighted by Crippen LogP contribution is -2.24. The number of rotatable bonds is 4. The molecule has 0 saturated heterocycles. The van der Waals surface area contributed by atoms with Gasteiger partial charge in [-0.2, -0.15) is 5.26 Å². The van der Waals surface area contributed by atoms with Crippen LogP contribution in [-0.2, 0) is 4.79 Å². The van der Waals surface area contributed by atoms with Gasteiger partial charge in [0.25, 0.3) is 0 Å². The molecule has 0 aliphatic heterocycles. The molecule has 0 aliphatic rings. The number of nitriles is 1. The Labute approximate surface area is 111 Å². The van der Waals surface area contributed by atoms with Gasteiger partial charge < -0.3 is 10.6 Å². The largest absolute Gasteiger partial charge is 0.370 e. The molecule has 5 nitrogen and oxygen atoms in total. The van der Waals surface area contributed by atoms with Gasteiger partial charge in [-0.05, 0) is 30.3 Å². The van der Waals surface area contributed by atoms with Crippen LogP contribution in [-0.4, -0.2) is 24.5 Å². The number of pyridine rings is 1. The minimum Gasteiger partial charge on any atom is -0.370 e. The summed E-state index contributed by atoms with van der Waals surface area (Å²) in [7, 11) is 1.86. The van der Waals surface area contributed by atoms with Crippen molar-refractivity contribution >= 4 is 22.6 Å². The summed E-state index contributed by atoms with van der Waals surface area (Å²) in [6, 6.07) is 11.2. The molecular weight excluding hydrogens is 240 g/mol. The number of fused-ring (bicyclic) bond motifs is 1. The lowest BCUT2D eigenvalue weighted by Gasteiger charge is -2.17. The van der Waals surface area contributed by atoms with Gasteiger partial charge >= 0.3 is 0 Å². The van der Waals surface area contributed by atoms with E-state index in [4.69, 9.17) is 11.0 Å². The molecule has 1 heterocycles. The molecule has 0 fully saturated rings. The van der Waals surface area contributed by atoms with Crippen molar-refractivity contribution in [1.82, 2.24) is 4.98 Å². The summed E-state index contributed by atoms with van der Waals surface area (Å²) >= 11 is 0. The van der Waals surface area contributed by atoms with E-state index in [-0.39, 0.29) is 5.91 Å². The average Bonchev–Trinajstić information content (AvgIpc) is 2.43. The molecule has 0 spiro atoms. The number of benzene rings is 1. The van der Waals surface area contributed by atoms with Crippen LogP contribution in [0, 0.1) is 11.3 Å². The van der Waals surface area contributed by atoms with Crippen molar-refractivity contribution in [2.75, 3.05) is 18.5 Å². The van der Waals surface area contributed by atoms with Gasteiger partial charge in [-0.25, -0.2) is 4.98 Å². The van der Waals surface area contributed by atoms with E-state index in [2.05, 4.69) is 11.1 Å². The molecular formula is C14H14N4O. The Morgan fingerprint density at radius 2 is 2.21 bits per heavy atom. The zero-order valence-corrected chi connectivity index (χ0v) is 10.6. The summed E-state index contributed by atoms with van der Waals surface area (Å²) in [5.74, 6) is 0.449. The molecule has 2 N–H and O–H groups in total. The van der Waals surface area contributed by atoms with Crippen LogP contribution in [0.25, 0.3) is 10.9 Å². The number of nitrogens with zero attached hydrogens (tertiary/aromatic N) is 3. The number of hydrogen-bond donors (Lipinski definition) is 1. The van der Waals surface area contributed by atoms with Gasteiger partial charge in [-0.1, -0.05) is 0 Å². The van der Waals surface area contributed by atoms with Crippen LogP contribution in [0.2, 0.25) is 0 Å². The molecule has 19 heavy (non-hydrogen) atoms. The summed E-state index contributed by atoms with van der Waals surface area (Å²) in [5.41, 5.74) is 6.56. The predicted octanol–water partition coefficient (Wildman–Crippen LogP) is 1.42. The molecule has 5 heteroatoms. The van der Waals surface area contributed by atoms with Crippen LogP contribution in [0.3, 0.4) is 0 Å². The highest BCUT2D eigenvalue weighted by molar-refractivity contribution is 5.82. The SMILES string of the molecule is CN(CCC(N)=O)c1ccc2cc(C#N)ccc2n1. The first kappa shape index (κ1) is 12.8. The molecule has 2 rings (SSSR count). The van der Waals surface area contributed by atoms with Gasteiger partial charge in [-0.3, -0.25) is 4.79 Å². The summed E-state index contributed by atoms with van der Waals surface area (Å²) in [6.07, 6.45) is 0.295. The zero-order chi connectivity index (χ0) is 13.8. The van der Waals surface area contributed by atoms with E-state index in [9.17, 15) is 4.79 Å². The summed E-state index contributed by atoms with van der Waals surface area (Å²) in [5, 5.41) is 9.76. The minimum atomic E-state index is -0.327. The second-order valence-corrected chi connectivity index (χ2v) is 4.33. The maximum Gasteiger partial charge on any atom is 0.219 e. The summed E-state index contributed by atoms with van der Waals surface area (Å²) in [4.78, 5) is 17.1. The third-order valence-electron chi connectivity index (χ3n) is 2.89. The summed E-state index contributed by atoms with van der Waals surface area (Å²) < 4.78 is 0. The molecule has 0 aliphatic carbocycles. The van der Waals surface area contributed by atoms with Gasteiger partial charge in [0.2, 0.25) is 5.91 Å². The number of amides is 1. The molecule has 0 radical (unpaired) electrons. The van der Waals surface area contributed by atoms with Crippen LogP contribution in [0.1, 0.15) is 12.0 Å². The Hall–Kier alpha value is -2.61. The molecule has 0 saturated carbocycles. The number of aromatic nitrogens is 1. The van der Waals surface area contributed by atoms with Crippen molar-refractivity contribution in [3.8, 4) is 6.07 Å². The lowest BCUT2D eigenvalue weighted by atomic mass is 10.1. The predicted molar refractivity (Wildman–Crippen MR) is 73.5 cm³/mol. The second kappa shape index (κ2) is 5.36. The molecule has 0 bridgehead atoms. The van der Waals surface area contributed by atoms with Crippen molar-refractivity contribution < 1.29 is 4.79 Å². The summed E-state index contributed by atoms with van der Waals surface area (Å²) in [6.45, 7) is 0.532. The van der Waals surface area contributed by atoms with Crippen molar-refractivity contribution in [3.63, 3.8) is 0 Å². The molecule has 1 aromatic carbocycles. The monoisotopic (exact) mass is 254 g/mol. The molecule has 1 aromatic heterocycles. The van der Waals surface area contributed by atoms with E-state index in [1.54, 1.807) is 12.1 Å². The minimum absolute atomic E-state index is 0.295. The Morgan fingerprint density at radius 1 is 1.42 bits per heavy atom. The number of nitrogens with two attached hydrogens (primary N) is 1. The molecule has 96 valence electrons. The standard InChI is InChI=1S/C14H14N4O/c1-18(7-6-13(16)19)14-5-3-11-8-10(9-15)2-4-12(11)17-14/h2-5,8H,6-7H2,1H3,(H2,16,19). The normalized spacial score (nSPS) is 10.1. The fourth-order valence-electron chi connectivity index (χ4n) is 1.79. The number of anilines is 1. The maximum atomic E-state index is 10.8.